The third kappa shape index (κ3) is 5.28. The van der Waals surface area contributed by atoms with Crippen molar-refractivity contribution in [2.24, 2.45) is 0 Å². The van der Waals surface area contributed by atoms with Crippen LogP contribution in [0.3, 0.4) is 0 Å². The Balaban J connectivity index is 2.24. The third-order valence-corrected chi connectivity index (χ3v) is 3.30. The van der Waals surface area contributed by atoms with Crippen molar-refractivity contribution >= 4 is 0 Å². The zero-order chi connectivity index (χ0) is 11.8. The first-order chi connectivity index (χ1) is 7.76. The molecule has 0 aromatic carbocycles. The van der Waals surface area contributed by atoms with Gasteiger partial charge < -0.3 is 15.0 Å². The number of rotatable bonds is 6. The second kappa shape index (κ2) is 8.04. The lowest BCUT2D eigenvalue weighted by Gasteiger charge is -2.22. The van der Waals surface area contributed by atoms with Gasteiger partial charge in [0.25, 0.3) is 0 Å². The van der Waals surface area contributed by atoms with Crippen LogP contribution in [0.25, 0.3) is 0 Å². The van der Waals surface area contributed by atoms with E-state index in [9.17, 15) is 0 Å². The molecule has 0 aromatic rings. The van der Waals surface area contributed by atoms with Crippen molar-refractivity contribution in [3.8, 4) is 0 Å². The van der Waals surface area contributed by atoms with Crippen molar-refractivity contribution in [3.05, 3.63) is 0 Å². The van der Waals surface area contributed by atoms with Crippen molar-refractivity contribution in [1.29, 1.82) is 0 Å². The van der Waals surface area contributed by atoms with Gasteiger partial charge in [0.15, 0.2) is 0 Å². The van der Waals surface area contributed by atoms with E-state index in [0.717, 1.165) is 6.61 Å². The first-order valence-corrected chi connectivity index (χ1v) is 6.73. The summed E-state index contributed by atoms with van der Waals surface area (Å²) in [6.45, 7) is 9.09. The molecule has 1 fully saturated rings. The molecular formula is C13H28N2O. The minimum atomic E-state index is 0.479. The van der Waals surface area contributed by atoms with Crippen LogP contribution < -0.4 is 5.32 Å². The topological polar surface area (TPSA) is 24.5 Å². The van der Waals surface area contributed by atoms with Crippen LogP contribution in [0, 0.1) is 0 Å². The van der Waals surface area contributed by atoms with Crippen LogP contribution in [0.4, 0.5) is 0 Å². The lowest BCUT2D eigenvalue weighted by atomic mass is 10.1. The molecule has 1 N–H and O–H groups in total. The summed E-state index contributed by atoms with van der Waals surface area (Å²) in [5.41, 5.74) is 0. The number of hydrogen-bond acceptors (Lipinski definition) is 3. The van der Waals surface area contributed by atoms with Crippen molar-refractivity contribution in [1.82, 2.24) is 10.2 Å². The summed E-state index contributed by atoms with van der Waals surface area (Å²) in [6.07, 6.45) is 5.21. The lowest BCUT2D eigenvalue weighted by molar-refractivity contribution is 0.164. The molecule has 16 heavy (non-hydrogen) atoms. The Labute approximate surface area is 101 Å². The van der Waals surface area contributed by atoms with Crippen molar-refractivity contribution in [2.75, 3.05) is 33.4 Å². The van der Waals surface area contributed by atoms with E-state index in [2.05, 4.69) is 24.1 Å². The van der Waals surface area contributed by atoms with Crippen LogP contribution in [-0.4, -0.2) is 50.3 Å². The molecule has 1 rings (SSSR count). The Bertz CT molecular complexity index is 175. The summed E-state index contributed by atoms with van der Waals surface area (Å²) in [6, 6.07) is 1.17. The quantitative estimate of drug-likeness (QED) is 0.751. The molecule has 0 saturated carbocycles. The Morgan fingerprint density at radius 1 is 1.38 bits per heavy atom. The van der Waals surface area contributed by atoms with Crippen LogP contribution in [0.5, 0.6) is 0 Å². The van der Waals surface area contributed by atoms with Gasteiger partial charge in [0, 0.05) is 19.2 Å². The fourth-order valence-electron chi connectivity index (χ4n) is 2.56. The van der Waals surface area contributed by atoms with Gasteiger partial charge in [-0.2, -0.15) is 0 Å². The number of nitrogens with zero attached hydrogens (tertiary/aromatic N) is 1. The van der Waals surface area contributed by atoms with Gasteiger partial charge in [-0.15, -0.1) is 0 Å². The number of hydrogen-bond donors (Lipinski definition) is 1. The molecule has 0 amide bonds. The summed E-state index contributed by atoms with van der Waals surface area (Å²) in [4.78, 5) is 2.60. The zero-order valence-corrected chi connectivity index (χ0v) is 11.2. The maximum absolute atomic E-state index is 5.16. The highest BCUT2D eigenvalue weighted by molar-refractivity contribution is 4.77. The molecule has 0 radical (unpaired) electrons. The fourth-order valence-corrected chi connectivity index (χ4v) is 2.56. The van der Waals surface area contributed by atoms with Crippen molar-refractivity contribution < 1.29 is 4.74 Å². The smallest absolute Gasteiger partial charge is 0.0613 e. The van der Waals surface area contributed by atoms with Gasteiger partial charge in [-0.25, -0.2) is 0 Å². The van der Waals surface area contributed by atoms with Crippen molar-refractivity contribution in [3.63, 3.8) is 0 Å². The zero-order valence-electron chi connectivity index (χ0n) is 11.2. The number of methoxy groups -OCH3 is 1. The molecule has 96 valence electrons. The number of ether oxygens (including phenoxy) is 1. The summed E-state index contributed by atoms with van der Waals surface area (Å²) in [5, 5.41) is 3.67. The highest BCUT2D eigenvalue weighted by atomic mass is 16.5. The highest BCUT2D eigenvalue weighted by Crippen LogP contribution is 2.12. The third-order valence-electron chi connectivity index (χ3n) is 3.30. The number of likely N-dealkylation sites (tertiary alicyclic amines) is 1. The van der Waals surface area contributed by atoms with E-state index in [1.807, 2.05) is 0 Å². The summed E-state index contributed by atoms with van der Waals surface area (Å²) in [7, 11) is 1.77. The van der Waals surface area contributed by atoms with E-state index in [1.54, 1.807) is 7.11 Å². The number of nitrogens with one attached hydrogen (secondary N) is 1. The van der Waals surface area contributed by atoms with E-state index in [1.165, 1.54) is 45.3 Å². The Kier molecular flexibility index (Phi) is 7.01. The molecule has 1 heterocycles. The van der Waals surface area contributed by atoms with E-state index in [4.69, 9.17) is 4.74 Å². The van der Waals surface area contributed by atoms with Gasteiger partial charge in [0.1, 0.15) is 0 Å². The van der Waals surface area contributed by atoms with Gasteiger partial charge in [0.2, 0.25) is 0 Å². The Hall–Kier alpha value is -0.120. The van der Waals surface area contributed by atoms with Gasteiger partial charge in [-0.3, -0.25) is 0 Å². The molecule has 0 spiro atoms. The molecule has 0 bridgehead atoms. The SMILES string of the molecule is CCCN1CCCC(NC(C)COC)CC1. The lowest BCUT2D eigenvalue weighted by Crippen LogP contribution is -2.39. The van der Waals surface area contributed by atoms with E-state index < -0.39 is 0 Å². The second-order valence-corrected chi connectivity index (χ2v) is 4.99. The minimum absolute atomic E-state index is 0.479. The summed E-state index contributed by atoms with van der Waals surface area (Å²) in [5.74, 6) is 0. The Morgan fingerprint density at radius 2 is 2.19 bits per heavy atom. The highest BCUT2D eigenvalue weighted by Gasteiger charge is 2.17. The molecule has 3 heteroatoms. The van der Waals surface area contributed by atoms with Crippen LogP contribution in [-0.2, 0) is 4.74 Å². The van der Waals surface area contributed by atoms with E-state index in [0.29, 0.717) is 12.1 Å². The average molecular weight is 228 g/mol. The van der Waals surface area contributed by atoms with Crippen LogP contribution in [0.2, 0.25) is 0 Å². The fraction of sp³-hybridized carbons (Fsp3) is 1.00. The predicted octanol–water partition coefficient (Wildman–Crippen LogP) is 1.88. The first-order valence-electron chi connectivity index (χ1n) is 6.73. The van der Waals surface area contributed by atoms with Gasteiger partial charge in [0.05, 0.1) is 6.61 Å². The summed E-state index contributed by atoms with van der Waals surface area (Å²) < 4.78 is 5.16. The molecule has 2 unspecified atom stereocenters. The van der Waals surface area contributed by atoms with Crippen LogP contribution in [0.15, 0.2) is 0 Å². The molecule has 3 nitrogen and oxygen atoms in total. The average Bonchev–Trinajstić information content (AvgIpc) is 2.45. The van der Waals surface area contributed by atoms with E-state index in [-0.39, 0.29) is 0 Å². The van der Waals surface area contributed by atoms with Gasteiger partial charge in [-0.1, -0.05) is 6.92 Å². The van der Waals surface area contributed by atoms with Crippen LogP contribution >= 0.6 is 0 Å². The summed E-state index contributed by atoms with van der Waals surface area (Å²) >= 11 is 0. The largest absolute Gasteiger partial charge is 0.383 e. The monoisotopic (exact) mass is 228 g/mol. The molecule has 0 aromatic heterocycles. The molecular weight excluding hydrogens is 200 g/mol. The minimum Gasteiger partial charge on any atom is -0.383 e. The maximum atomic E-state index is 5.16. The normalized spacial score (nSPS) is 25.3. The first kappa shape index (κ1) is 13.9. The molecule has 1 aliphatic rings. The van der Waals surface area contributed by atoms with Crippen molar-refractivity contribution in [2.45, 2.75) is 51.6 Å². The predicted molar refractivity (Wildman–Crippen MR) is 68.8 cm³/mol. The molecule has 2 atom stereocenters. The van der Waals surface area contributed by atoms with Gasteiger partial charge >= 0.3 is 0 Å². The van der Waals surface area contributed by atoms with Crippen LogP contribution in [0.1, 0.15) is 39.5 Å². The standard InChI is InChI=1S/C13H28N2O/c1-4-8-15-9-5-6-13(7-10-15)14-12(2)11-16-3/h12-14H,4-11H2,1-3H3. The maximum Gasteiger partial charge on any atom is 0.0613 e. The molecule has 0 aliphatic carbocycles. The molecule has 1 saturated heterocycles. The second-order valence-electron chi connectivity index (χ2n) is 4.99. The Morgan fingerprint density at radius 3 is 2.88 bits per heavy atom. The van der Waals surface area contributed by atoms with E-state index >= 15 is 0 Å². The molecule has 1 aliphatic heterocycles. The van der Waals surface area contributed by atoms with Gasteiger partial charge in [-0.05, 0) is 52.2 Å².